The summed E-state index contributed by atoms with van der Waals surface area (Å²) in [6.07, 6.45) is 2.46. The fourth-order valence-electron chi connectivity index (χ4n) is 3.74. The molecule has 5 nitrogen and oxygen atoms in total. The molecule has 1 saturated heterocycles. The molecule has 2 aromatic rings. The Bertz CT molecular complexity index is 783. The van der Waals surface area contributed by atoms with Crippen LogP contribution < -0.4 is 11.1 Å². The number of carbonyl (C=O) groups excluding carboxylic acids is 2. The van der Waals surface area contributed by atoms with Crippen LogP contribution in [0.4, 0.5) is 0 Å². The Kier molecular flexibility index (Phi) is 8.68. The van der Waals surface area contributed by atoms with Gasteiger partial charge in [-0.05, 0) is 43.4 Å². The molecule has 3 N–H and O–H groups in total. The van der Waals surface area contributed by atoms with Crippen molar-refractivity contribution in [2.45, 2.75) is 38.3 Å². The maximum atomic E-state index is 13.3. The van der Waals surface area contributed by atoms with Crippen LogP contribution in [-0.4, -0.2) is 41.9 Å². The number of nitrogens with two attached hydrogens (primary N) is 1. The molecule has 3 atom stereocenters. The molecule has 6 heteroatoms. The number of piperidine rings is 1. The third-order valence-electron chi connectivity index (χ3n) is 5.44. The molecule has 0 bridgehead atoms. The van der Waals surface area contributed by atoms with Gasteiger partial charge in [-0.2, -0.15) is 0 Å². The van der Waals surface area contributed by atoms with Crippen molar-refractivity contribution < 1.29 is 9.59 Å². The summed E-state index contributed by atoms with van der Waals surface area (Å²) in [4.78, 5) is 27.9. The van der Waals surface area contributed by atoms with Crippen molar-refractivity contribution >= 4 is 24.2 Å². The first kappa shape index (κ1) is 22.9. The van der Waals surface area contributed by atoms with E-state index >= 15 is 0 Å². The molecule has 29 heavy (non-hydrogen) atoms. The molecule has 0 radical (unpaired) electrons. The van der Waals surface area contributed by atoms with Crippen molar-refractivity contribution in [1.82, 2.24) is 10.2 Å². The van der Waals surface area contributed by atoms with Gasteiger partial charge in [0.25, 0.3) is 5.91 Å². The monoisotopic (exact) mass is 415 g/mol. The topological polar surface area (TPSA) is 75.4 Å². The first-order chi connectivity index (χ1) is 13.5. The molecule has 1 aliphatic heterocycles. The molecule has 0 aliphatic carbocycles. The molecule has 0 aromatic heterocycles. The van der Waals surface area contributed by atoms with Gasteiger partial charge >= 0.3 is 0 Å². The van der Waals surface area contributed by atoms with Crippen LogP contribution in [0.2, 0.25) is 0 Å². The summed E-state index contributed by atoms with van der Waals surface area (Å²) in [5.41, 5.74) is 7.66. The highest BCUT2D eigenvalue weighted by atomic mass is 35.5. The zero-order valence-electron chi connectivity index (χ0n) is 16.8. The van der Waals surface area contributed by atoms with E-state index in [0.717, 1.165) is 18.4 Å². The van der Waals surface area contributed by atoms with Crippen LogP contribution >= 0.6 is 12.4 Å². The quantitative estimate of drug-likeness (QED) is 0.761. The van der Waals surface area contributed by atoms with E-state index in [1.807, 2.05) is 60.4 Å². The van der Waals surface area contributed by atoms with E-state index in [-0.39, 0.29) is 30.3 Å². The number of benzene rings is 2. The van der Waals surface area contributed by atoms with Gasteiger partial charge in [-0.25, -0.2) is 0 Å². The van der Waals surface area contributed by atoms with Crippen LogP contribution in [0.25, 0.3) is 0 Å². The van der Waals surface area contributed by atoms with Gasteiger partial charge in [0, 0.05) is 31.1 Å². The number of halogens is 1. The predicted octanol–water partition coefficient (Wildman–Crippen LogP) is 3.04. The average Bonchev–Trinajstić information content (AvgIpc) is 2.74. The Balaban J connectivity index is 0.00000300. The fraction of sp³-hybridized carbons (Fsp3) is 0.391. The third kappa shape index (κ3) is 6.31. The van der Waals surface area contributed by atoms with Crippen LogP contribution in [0.1, 0.15) is 35.7 Å². The number of hydrogen-bond acceptors (Lipinski definition) is 3. The van der Waals surface area contributed by atoms with Crippen LogP contribution in [-0.2, 0) is 11.2 Å². The van der Waals surface area contributed by atoms with Gasteiger partial charge in [0.05, 0.1) is 0 Å². The van der Waals surface area contributed by atoms with E-state index in [4.69, 9.17) is 5.73 Å². The Morgan fingerprint density at radius 3 is 2.34 bits per heavy atom. The molecular weight excluding hydrogens is 386 g/mol. The summed E-state index contributed by atoms with van der Waals surface area (Å²) in [7, 11) is 0. The lowest BCUT2D eigenvalue weighted by molar-refractivity contribution is -0.135. The third-order valence-corrected chi connectivity index (χ3v) is 5.44. The first-order valence-corrected chi connectivity index (χ1v) is 9.99. The summed E-state index contributed by atoms with van der Waals surface area (Å²) >= 11 is 0. The van der Waals surface area contributed by atoms with E-state index in [1.165, 1.54) is 0 Å². The second-order valence-electron chi connectivity index (χ2n) is 7.63. The lowest BCUT2D eigenvalue weighted by Crippen LogP contribution is -2.53. The standard InChI is InChI=1S/C23H29N3O2.ClH/c1-17(24)20-13-8-14-26(16-20)23(28)21(15-18-9-4-2-5-10-18)25-22(27)19-11-6-3-7-12-19;/h2-7,9-12,17,20-21H,8,13-16,24H2,1H3,(H,25,27);1H. The highest BCUT2D eigenvalue weighted by molar-refractivity contribution is 5.97. The number of nitrogens with zero attached hydrogens (tertiary/aromatic N) is 1. The fourth-order valence-corrected chi connectivity index (χ4v) is 3.74. The lowest BCUT2D eigenvalue weighted by atomic mass is 9.91. The summed E-state index contributed by atoms with van der Waals surface area (Å²) in [6.45, 7) is 3.37. The van der Waals surface area contributed by atoms with Gasteiger partial charge in [0.15, 0.2) is 0 Å². The number of amides is 2. The van der Waals surface area contributed by atoms with Crippen molar-refractivity contribution in [3.05, 3.63) is 71.8 Å². The zero-order chi connectivity index (χ0) is 19.9. The number of rotatable bonds is 6. The van der Waals surface area contributed by atoms with Gasteiger partial charge in [-0.3, -0.25) is 9.59 Å². The molecule has 1 heterocycles. The molecule has 0 saturated carbocycles. The van der Waals surface area contributed by atoms with E-state index in [2.05, 4.69) is 5.32 Å². The molecule has 1 fully saturated rings. The summed E-state index contributed by atoms with van der Waals surface area (Å²) < 4.78 is 0. The van der Waals surface area contributed by atoms with E-state index in [0.29, 0.717) is 31.0 Å². The molecule has 0 spiro atoms. The predicted molar refractivity (Wildman–Crippen MR) is 118 cm³/mol. The molecular formula is C23H30ClN3O2. The molecule has 2 amide bonds. The molecule has 156 valence electrons. The number of carbonyl (C=O) groups is 2. The van der Waals surface area contributed by atoms with Gasteiger partial charge in [0.2, 0.25) is 5.91 Å². The highest BCUT2D eigenvalue weighted by Crippen LogP contribution is 2.20. The highest BCUT2D eigenvalue weighted by Gasteiger charge is 2.31. The second kappa shape index (κ2) is 11.0. The summed E-state index contributed by atoms with van der Waals surface area (Å²) in [5.74, 6) is 0.0500. The number of nitrogens with one attached hydrogen (secondary N) is 1. The van der Waals surface area contributed by atoms with Crippen LogP contribution in [0.3, 0.4) is 0 Å². The van der Waals surface area contributed by atoms with E-state index < -0.39 is 6.04 Å². The van der Waals surface area contributed by atoms with Crippen molar-refractivity contribution in [2.24, 2.45) is 11.7 Å². The summed E-state index contributed by atoms with van der Waals surface area (Å²) in [5, 5.41) is 2.96. The Labute approximate surface area is 179 Å². The van der Waals surface area contributed by atoms with Crippen LogP contribution in [0.15, 0.2) is 60.7 Å². The van der Waals surface area contributed by atoms with Gasteiger partial charge in [-0.15, -0.1) is 12.4 Å². The largest absolute Gasteiger partial charge is 0.341 e. The second-order valence-corrected chi connectivity index (χ2v) is 7.63. The molecule has 1 aliphatic rings. The Morgan fingerprint density at radius 2 is 1.72 bits per heavy atom. The van der Waals surface area contributed by atoms with Crippen molar-refractivity contribution in [3.63, 3.8) is 0 Å². The number of hydrogen-bond donors (Lipinski definition) is 2. The van der Waals surface area contributed by atoms with Crippen molar-refractivity contribution in [3.8, 4) is 0 Å². The lowest BCUT2D eigenvalue weighted by Gasteiger charge is -2.36. The van der Waals surface area contributed by atoms with Crippen molar-refractivity contribution in [2.75, 3.05) is 13.1 Å². The van der Waals surface area contributed by atoms with E-state index in [9.17, 15) is 9.59 Å². The molecule has 3 rings (SSSR count). The van der Waals surface area contributed by atoms with Gasteiger partial charge in [0.1, 0.15) is 6.04 Å². The minimum atomic E-state index is -0.595. The summed E-state index contributed by atoms with van der Waals surface area (Å²) in [6, 6.07) is 18.3. The van der Waals surface area contributed by atoms with Gasteiger partial charge < -0.3 is 16.0 Å². The molecule has 3 unspecified atom stereocenters. The zero-order valence-corrected chi connectivity index (χ0v) is 17.6. The Morgan fingerprint density at radius 1 is 1.10 bits per heavy atom. The minimum Gasteiger partial charge on any atom is -0.341 e. The van der Waals surface area contributed by atoms with E-state index in [1.54, 1.807) is 12.1 Å². The normalized spacial score (nSPS) is 18.3. The number of likely N-dealkylation sites (tertiary alicyclic amines) is 1. The average molecular weight is 416 g/mol. The maximum absolute atomic E-state index is 13.3. The van der Waals surface area contributed by atoms with Crippen LogP contribution in [0, 0.1) is 5.92 Å². The van der Waals surface area contributed by atoms with Crippen LogP contribution in [0.5, 0.6) is 0 Å². The SMILES string of the molecule is CC(N)C1CCCN(C(=O)C(Cc2ccccc2)NC(=O)c2ccccc2)C1.Cl. The Hall–Kier alpha value is -2.37. The first-order valence-electron chi connectivity index (χ1n) is 9.99. The van der Waals surface area contributed by atoms with Crippen molar-refractivity contribution in [1.29, 1.82) is 0 Å². The smallest absolute Gasteiger partial charge is 0.251 e. The van der Waals surface area contributed by atoms with Gasteiger partial charge in [-0.1, -0.05) is 48.5 Å². The minimum absolute atomic E-state index is 0. The molecule has 2 aromatic carbocycles. The maximum Gasteiger partial charge on any atom is 0.251 e.